The molecular formula is C29H28FIN5OP. The van der Waals surface area contributed by atoms with Crippen molar-refractivity contribution >= 4 is 50.2 Å². The summed E-state index contributed by atoms with van der Waals surface area (Å²) in [6.07, 6.45) is 10.7. The fourth-order valence-corrected chi connectivity index (χ4v) is 7.04. The van der Waals surface area contributed by atoms with Crippen LogP contribution in [0.25, 0.3) is 33.1 Å². The van der Waals surface area contributed by atoms with Gasteiger partial charge in [-0.25, -0.2) is 18.8 Å². The molecule has 9 heteroatoms. The molecule has 1 saturated carbocycles. The average molecular weight is 639 g/mol. The minimum Gasteiger partial charge on any atom is -0.307 e. The second kappa shape index (κ2) is 10.5. The fraction of sp³-hybridized carbons (Fsp3) is 0.310. The number of aryl methyl sites for hydroxylation is 1. The standard InChI is InChI=1S/C27H22FIN5OP.C2H6/c28-22-12-19(15-4-5-15)11-17-8-9-33(27(35)24(17)22)23-3-1-2-16-10-18(6-7-20(16)23)25-21-13-32-34(36-29)26(21)31-14-30-25;1-2/h6-15,23,36H,1-5H2;1-2H3. The van der Waals surface area contributed by atoms with Gasteiger partial charge in [-0.2, -0.15) is 5.10 Å². The molecule has 1 fully saturated rings. The summed E-state index contributed by atoms with van der Waals surface area (Å²) in [6, 6.07) is 11.7. The van der Waals surface area contributed by atoms with Crippen molar-refractivity contribution in [1.82, 2.24) is 24.1 Å². The van der Waals surface area contributed by atoms with E-state index in [1.165, 1.54) is 5.56 Å². The van der Waals surface area contributed by atoms with Gasteiger partial charge in [-0.05, 0) is 100 Å². The number of fused-ring (bicyclic) bond motifs is 3. The van der Waals surface area contributed by atoms with Crippen LogP contribution in [0.4, 0.5) is 4.39 Å². The van der Waals surface area contributed by atoms with E-state index in [1.54, 1.807) is 17.0 Å². The number of nitrogens with zero attached hydrogens (tertiary/aromatic N) is 5. The number of benzene rings is 2. The normalized spacial score (nSPS) is 17.1. The van der Waals surface area contributed by atoms with Crippen LogP contribution >= 0.6 is 28.4 Å². The largest absolute Gasteiger partial charge is 0.307 e. The second-order valence-electron chi connectivity index (χ2n) is 9.69. The molecule has 5 aromatic rings. The molecule has 0 radical (unpaired) electrons. The van der Waals surface area contributed by atoms with Crippen LogP contribution in [-0.4, -0.2) is 24.1 Å². The summed E-state index contributed by atoms with van der Waals surface area (Å²) < 4.78 is 18.7. The lowest BCUT2D eigenvalue weighted by molar-refractivity contribution is 0.479. The van der Waals surface area contributed by atoms with E-state index < -0.39 is 5.82 Å². The number of hydrogen-bond donors (Lipinski definition) is 0. The van der Waals surface area contributed by atoms with Gasteiger partial charge >= 0.3 is 0 Å². The predicted molar refractivity (Wildman–Crippen MR) is 161 cm³/mol. The van der Waals surface area contributed by atoms with Crippen molar-refractivity contribution in [3.63, 3.8) is 0 Å². The van der Waals surface area contributed by atoms with Gasteiger partial charge in [-0.15, -0.1) is 0 Å². The lowest BCUT2D eigenvalue weighted by Gasteiger charge is -2.28. The van der Waals surface area contributed by atoms with Crippen LogP contribution in [0.2, 0.25) is 0 Å². The Bertz CT molecular complexity index is 1730. The van der Waals surface area contributed by atoms with E-state index in [0.717, 1.165) is 65.5 Å². The van der Waals surface area contributed by atoms with Crippen LogP contribution in [0.3, 0.4) is 0 Å². The van der Waals surface area contributed by atoms with E-state index in [2.05, 4.69) is 55.3 Å². The molecule has 7 rings (SSSR count). The summed E-state index contributed by atoms with van der Waals surface area (Å²) in [5.41, 5.74) is 5.80. The molecule has 0 N–H and O–H groups in total. The van der Waals surface area contributed by atoms with E-state index in [0.29, 0.717) is 17.7 Å². The minimum absolute atomic E-state index is 0.115. The van der Waals surface area contributed by atoms with Crippen molar-refractivity contribution in [1.29, 1.82) is 0 Å². The first-order valence-electron chi connectivity index (χ1n) is 13.2. The Hall–Kier alpha value is -2.71. The highest BCUT2D eigenvalue weighted by Gasteiger charge is 2.27. The topological polar surface area (TPSA) is 65.6 Å². The molecule has 0 bridgehead atoms. The molecular weight excluding hydrogens is 611 g/mol. The highest BCUT2D eigenvalue weighted by atomic mass is 127. The molecule has 3 aromatic heterocycles. The first kappa shape index (κ1) is 25.6. The Balaban J connectivity index is 0.00000129. The van der Waals surface area contributed by atoms with Gasteiger partial charge < -0.3 is 4.57 Å². The Morgan fingerprint density at radius 2 is 1.92 bits per heavy atom. The Kier molecular flexibility index (Phi) is 7.03. The van der Waals surface area contributed by atoms with Crippen molar-refractivity contribution in [3.05, 3.63) is 88.0 Å². The maximum Gasteiger partial charge on any atom is 0.261 e. The van der Waals surface area contributed by atoms with Gasteiger partial charge in [-0.1, -0.05) is 32.0 Å². The van der Waals surface area contributed by atoms with Crippen molar-refractivity contribution in [2.45, 2.75) is 57.9 Å². The third kappa shape index (κ3) is 4.35. The van der Waals surface area contributed by atoms with E-state index in [9.17, 15) is 4.79 Å². The van der Waals surface area contributed by atoms with Gasteiger partial charge in [0.2, 0.25) is 0 Å². The number of pyridine rings is 1. The Labute approximate surface area is 235 Å². The van der Waals surface area contributed by atoms with Gasteiger partial charge in [0.1, 0.15) is 12.1 Å². The predicted octanol–water partition coefficient (Wildman–Crippen LogP) is 7.57. The van der Waals surface area contributed by atoms with Crippen LogP contribution in [0.15, 0.2) is 59.9 Å². The number of rotatable bonds is 4. The summed E-state index contributed by atoms with van der Waals surface area (Å²) in [6.45, 7) is 4.00. The molecule has 6 nitrogen and oxygen atoms in total. The van der Waals surface area contributed by atoms with E-state index in [-0.39, 0.29) is 17.0 Å². The van der Waals surface area contributed by atoms with Crippen LogP contribution < -0.4 is 5.56 Å². The molecule has 2 aliphatic carbocycles. The van der Waals surface area contributed by atoms with Crippen LogP contribution in [0, 0.1) is 5.82 Å². The number of halogens is 2. The quantitative estimate of drug-likeness (QED) is 0.150. The van der Waals surface area contributed by atoms with Gasteiger partial charge in [0.25, 0.3) is 5.56 Å². The fourth-order valence-electron chi connectivity index (χ4n) is 5.62. The first-order valence-corrected chi connectivity index (χ1v) is 17.2. The van der Waals surface area contributed by atoms with Gasteiger partial charge in [0.05, 0.1) is 35.1 Å². The number of hydrogen-bond acceptors (Lipinski definition) is 4. The zero-order valence-corrected chi connectivity index (χ0v) is 24.4. The highest BCUT2D eigenvalue weighted by molar-refractivity contribution is 14.2. The van der Waals surface area contributed by atoms with Crippen molar-refractivity contribution in [2.75, 3.05) is 0 Å². The SMILES string of the molecule is CC.O=c1c2c(F)cc(C3CC3)cc2ccn1C1CCCc2cc(-c3ncnc4c3cnn4PI)ccc21. The molecule has 0 spiro atoms. The van der Waals surface area contributed by atoms with E-state index >= 15 is 4.39 Å². The Morgan fingerprint density at radius 1 is 1.08 bits per heavy atom. The summed E-state index contributed by atoms with van der Waals surface area (Å²) >= 11 is 2.29. The molecule has 2 atom stereocenters. The van der Waals surface area contributed by atoms with Crippen molar-refractivity contribution in [3.8, 4) is 11.3 Å². The Morgan fingerprint density at radius 3 is 2.71 bits per heavy atom. The summed E-state index contributed by atoms with van der Waals surface area (Å²) in [4.78, 5) is 22.5. The summed E-state index contributed by atoms with van der Waals surface area (Å²) in [5, 5.41) is 6.28. The first-order chi connectivity index (χ1) is 18.6. The zero-order valence-electron chi connectivity index (χ0n) is 21.3. The molecule has 194 valence electrons. The third-order valence-corrected chi connectivity index (χ3v) is 9.39. The highest BCUT2D eigenvalue weighted by Crippen LogP contribution is 2.41. The summed E-state index contributed by atoms with van der Waals surface area (Å²) in [5.74, 6) is 0.0405. The van der Waals surface area contributed by atoms with Crippen molar-refractivity contribution in [2.24, 2.45) is 0 Å². The van der Waals surface area contributed by atoms with Gasteiger partial charge in [0.15, 0.2) is 5.65 Å². The monoisotopic (exact) mass is 639 g/mol. The molecule has 0 amide bonds. The lowest BCUT2D eigenvalue weighted by Crippen LogP contribution is -2.28. The molecule has 3 heterocycles. The van der Waals surface area contributed by atoms with Gasteiger partial charge in [0, 0.05) is 11.8 Å². The lowest BCUT2D eigenvalue weighted by atomic mass is 9.85. The smallest absolute Gasteiger partial charge is 0.261 e. The van der Waals surface area contributed by atoms with E-state index in [4.69, 9.17) is 0 Å². The number of aromatic nitrogens is 5. The zero-order chi connectivity index (χ0) is 26.4. The van der Waals surface area contributed by atoms with Crippen LogP contribution in [0.5, 0.6) is 0 Å². The maximum atomic E-state index is 15.1. The van der Waals surface area contributed by atoms with E-state index in [1.807, 2.05) is 42.8 Å². The maximum absolute atomic E-state index is 15.1. The third-order valence-electron chi connectivity index (χ3n) is 7.54. The average Bonchev–Trinajstić information content (AvgIpc) is 3.72. The molecule has 0 saturated heterocycles. The molecule has 38 heavy (non-hydrogen) atoms. The molecule has 0 aliphatic heterocycles. The second-order valence-corrected chi connectivity index (χ2v) is 11.7. The van der Waals surface area contributed by atoms with Crippen molar-refractivity contribution < 1.29 is 4.39 Å². The van der Waals surface area contributed by atoms with Crippen LogP contribution in [-0.2, 0) is 6.42 Å². The molecule has 2 unspecified atom stereocenters. The van der Waals surface area contributed by atoms with Crippen LogP contribution in [0.1, 0.15) is 68.2 Å². The molecule has 2 aromatic carbocycles. The van der Waals surface area contributed by atoms with Gasteiger partial charge in [-0.3, -0.25) is 4.79 Å². The summed E-state index contributed by atoms with van der Waals surface area (Å²) in [7, 11) is 0. The molecule has 2 aliphatic rings. The minimum atomic E-state index is -0.402.